The van der Waals surface area contributed by atoms with Gasteiger partial charge in [0.25, 0.3) is 22.7 Å². The monoisotopic (exact) mass is 618 g/mol. The fourth-order valence-electron chi connectivity index (χ4n) is 6.26. The molecule has 4 aromatic rings. The van der Waals surface area contributed by atoms with Gasteiger partial charge in [-0.2, -0.15) is 4.99 Å². The number of rotatable bonds is 8. The van der Waals surface area contributed by atoms with Crippen LogP contribution in [0, 0.1) is 0 Å². The number of aryl methyl sites for hydroxylation is 2. The average molecular weight is 619 g/mol. The summed E-state index contributed by atoms with van der Waals surface area (Å²) >= 11 is 0. The Balaban J connectivity index is 0.989. The summed E-state index contributed by atoms with van der Waals surface area (Å²) in [7, 11) is 0. The van der Waals surface area contributed by atoms with Crippen molar-refractivity contribution in [1.29, 1.82) is 0 Å². The van der Waals surface area contributed by atoms with Gasteiger partial charge in [0.15, 0.2) is 5.84 Å². The fourth-order valence-corrected chi connectivity index (χ4v) is 6.26. The number of hydrogen-bond acceptors (Lipinski definition) is 11. The molecule has 1 unspecified atom stereocenters. The third-order valence-electron chi connectivity index (χ3n) is 8.68. The van der Waals surface area contributed by atoms with Gasteiger partial charge in [-0.05, 0) is 72.6 Å². The summed E-state index contributed by atoms with van der Waals surface area (Å²) in [6.45, 7) is 3.89. The molecule has 0 saturated carbocycles. The van der Waals surface area contributed by atoms with Crippen LogP contribution in [0.3, 0.4) is 0 Å². The third-order valence-corrected chi connectivity index (χ3v) is 8.68. The molecular formula is C33H30N8O5. The minimum absolute atomic E-state index is 0.0312. The van der Waals surface area contributed by atoms with Gasteiger partial charge in [0.1, 0.15) is 29.1 Å². The van der Waals surface area contributed by atoms with Crippen LogP contribution in [0.4, 0.5) is 11.4 Å². The maximum absolute atomic E-state index is 13.2. The van der Waals surface area contributed by atoms with Crippen molar-refractivity contribution < 1.29 is 14.4 Å². The van der Waals surface area contributed by atoms with Crippen molar-refractivity contribution in [1.82, 2.24) is 26.1 Å². The van der Waals surface area contributed by atoms with Crippen LogP contribution in [0.1, 0.15) is 85.7 Å². The number of carbonyl (C=O) groups excluding carboxylic acids is 2. The zero-order valence-electron chi connectivity index (χ0n) is 24.7. The molecule has 2 atom stereocenters. The normalized spacial score (nSPS) is 18.2. The Bertz CT molecular complexity index is 2030. The van der Waals surface area contributed by atoms with E-state index in [1.54, 1.807) is 0 Å². The van der Waals surface area contributed by atoms with Gasteiger partial charge in [-0.3, -0.25) is 19.2 Å². The summed E-state index contributed by atoms with van der Waals surface area (Å²) in [5.41, 5.74) is 13.5. The number of nitrogens with two attached hydrogens (primary N) is 1. The lowest BCUT2D eigenvalue weighted by Crippen LogP contribution is -2.38. The van der Waals surface area contributed by atoms with Crippen LogP contribution in [0.25, 0.3) is 0 Å². The first-order valence-corrected chi connectivity index (χ1v) is 15.0. The second kappa shape index (κ2) is 11.6. The number of hydroxylamine groups is 1. The molecule has 0 bridgehead atoms. The molecule has 1 aromatic heterocycles. The molecule has 2 heterocycles. The first-order chi connectivity index (χ1) is 22.2. The molecule has 1 aliphatic heterocycles. The Labute approximate surface area is 262 Å². The van der Waals surface area contributed by atoms with Crippen molar-refractivity contribution >= 4 is 29.0 Å². The van der Waals surface area contributed by atoms with Crippen molar-refractivity contribution in [2.24, 2.45) is 4.99 Å². The fraction of sp³-hybridized carbons (Fsp3) is 0.242. The Morgan fingerprint density at radius 1 is 0.935 bits per heavy atom. The van der Waals surface area contributed by atoms with E-state index in [2.05, 4.69) is 43.0 Å². The molecule has 0 spiro atoms. The first-order valence-electron chi connectivity index (χ1n) is 15.0. The maximum Gasteiger partial charge on any atom is 0.270 e. The zero-order valence-corrected chi connectivity index (χ0v) is 24.7. The van der Waals surface area contributed by atoms with Crippen molar-refractivity contribution in [2.45, 2.75) is 50.7 Å². The molecule has 2 amide bonds. The number of nitrogen functional groups attached to an aromatic ring is 1. The zero-order chi connectivity index (χ0) is 31.9. The molecule has 2 aliphatic carbocycles. The number of fused-ring (bicyclic) bond motifs is 2. The van der Waals surface area contributed by atoms with Gasteiger partial charge in [-0.25, -0.2) is 15.4 Å². The van der Waals surface area contributed by atoms with Crippen molar-refractivity contribution in [3.8, 4) is 0 Å². The maximum atomic E-state index is 13.2. The van der Waals surface area contributed by atoms with Crippen molar-refractivity contribution in [3.05, 3.63) is 126 Å². The molecule has 0 radical (unpaired) electrons. The number of amidine groups is 1. The minimum atomic E-state index is -0.658. The van der Waals surface area contributed by atoms with E-state index in [0.29, 0.717) is 11.7 Å². The number of amides is 2. The molecule has 13 nitrogen and oxygen atoms in total. The van der Waals surface area contributed by atoms with Crippen LogP contribution in [0.15, 0.2) is 75.8 Å². The first kappa shape index (κ1) is 28.9. The van der Waals surface area contributed by atoms with E-state index < -0.39 is 22.7 Å². The molecule has 6 N–H and O–H groups in total. The van der Waals surface area contributed by atoms with E-state index >= 15 is 0 Å². The lowest BCUT2D eigenvalue weighted by Gasteiger charge is -2.28. The Morgan fingerprint density at radius 3 is 2.54 bits per heavy atom. The van der Waals surface area contributed by atoms with Crippen molar-refractivity contribution in [2.75, 3.05) is 11.1 Å². The Kier molecular flexibility index (Phi) is 7.27. The average Bonchev–Trinajstić information content (AvgIpc) is 3.71. The minimum Gasteiger partial charge on any atom is -0.394 e. The number of aromatic nitrogens is 2. The van der Waals surface area contributed by atoms with Gasteiger partial charge < -0.3 is 26.5 Å². The summed E-state index contributed by atoms with van der Waals surface area (Å²) in [6.07, 6.45) is 5.30. The second-order valence-electron chi connectivity index (χ2n) is 11.6. The van der Waals surface area contributed by atoms with Gasteiger partial charge in [-0.15, -0.1) is 0 Å². The predicted molar refractivity (Wildman–Crippen MR) is 170 cm³/mol. The lowest BCUT2D eigenvalue weighted by molar-refractivity contribution is 0.0931. The molecule has 3 aromatic carbocycles. The molecule has 0 saturated heterocycles. The number of carbonyl (C=O) groups is 2. The summed E-state index contributed by atoms with van der Waals surface area (Å²) < 4.78 is 0. The van der Waals surface area contributed by atoms with E-state index in [9.17, 15) is 19.2 Å². The van der Waals surface area contributed by atoms with E-state index in [-0.39, 0.29) is 41.4 Å². The number of nitrogens with one attached hydrogen (secondary N) is 4. The SMILES string of the molecule is C=C1N=C(c2ccc3c(c2)CC[C@@H]3NC(=O)c2cc(C(=O)NCc3ccc4c(c3)C(Nc3c(N)c(=O)c3=O)CCC4)ncn2)NO1. The van der Waals surface area contributed by atoms with E-state index in [1.807, 2.05) is 36.4 Å². The highest BCUT2D eigenvalue weighted by molar-refractivity contribution is 6.00. The van der Waals surface area contributed by atoms with Crippen LogP contribution < -0.4 is 38.0 Å². The van der Waals surface area contributed by atoms with Crippen LogP contribution in [-0.2, 0) is 24.2 Å². The molecule has 3 aliphatic rings. The number of benzene rings is 2. The highest BCUT2D eigenvalue weighted by atomic mass is 16.7. The van der Waals surface area contributed by atoms with Gasteiger partial charge in [0.05, 0.1) is 12.1 Å². The molecule has 13 heteroatoms. The number of anilines is 2. The summed E-state index contributed by atoms with van der Waals surface area (Å²) in [6, 6.07) is 12.8. The molecule has 232 valence electrons. The quantitative estimate of drug-likeness (QED) is 0.183. The van der Waals surface area contributed by atoms with E-state index in [0.717, 1.165) is 65.5 Å². The van der Waals surface area contributed by atoms with Crippen molar-refractivity contribution in [3.63, 3.8) is 0 Å². The van der Waals surface area contributed by atoms with Crippen LogP contribution in [0.2, 0.25) is 0 Å². The smallest absolute Gasteiger partial charge is 0.270 e. The van der Waals surface area contributed by atoms with Crippen LogP contribution >= 0.6 is 0 Å². The van der Waals surface area contributed by atoms with Gasteiger partial charge >= 0.3 is 0 Å². The summed E-state index contributed by atoms with van der Waals surface area (Å²) in [5, 5.41) is 9.05. The Morgan fingerprint density at radius 2 is 1.76 bits per heavy atom. The Hall–Kier alpha value is -5.85. The van der Waals surface area contributed by atoms with Crippen LogP contribution in [-0.4, -0.2) is 27.6 Å². The largest absolute Gasteiger partial charge is 0.394 e. The van der Waals surface area contributed by atoms with E-state index in [4.69, 9.17) is 10.6 Å². The van der Waals surface area contributed by atoms with Gasteiger partial charge in [-0.1, -0.05) is 30.3 Å². The lowest BCUT2D eigenvalue weighted by atomic mass is 9.86. The highest BCUT2D eigenvalue weighted by Gasteiger charge is 2.28. The predicted octanol–water partition coefficient (Wildman–Crippen LogP) is 2.24. The summed E-state index contributed by atoms with van der Waals surface area (Å²) in [4.78, 5) is 67.2. The molecular weight excluding hydrogens is 588 g/mol. The number of nitrogens with zero attached hydrogens (tertiary/aromatic N) is 3. The summed E-state index contributed by atoms with van der Waals surface area (Å²) in [5.74, 6) is 0.0328. The van der Waals surface area contributed by atoms with Gasteiger partial charge in [0.2, 0.25) is 5.88 Å². The molecule has 46 heavy (non-hydrogen) atoms. The number of hydrogen-bond donors (Lipinski definition) is 5. The van der Waals surface area contributed by atoms with Crippen LogP contribution in [0.5, 0.6) is 0 Å². The molecule has 0 fully saturated rings. The van der Waals surface area contributed by atoms with Gasteiger partial charge in [0, 0.05) is 18.2 Å². The third kappa shape index (κ3) is 5.36. The topological polar surface area (TPSA) is 190 Å². The second-order valence-corrected chi connectivity index (χ2v) is 11.6. The number of aliphatic imine (C=N–C) groups is 1. The molecule has 7 rings (SSSR count). The van der Waals surface area contributed by atoms with E-state index in [1.165, 1.54) is 12.4 Å². The highest BCUT2D eigenvalue weighted by Crippen LogP contribution is 2.34. The standard InChI is InChI=1S/C33H30N8O5/c1-16-38-31(41-46-16)20-7-9-21-19(12-20)8-10-24(21)40-33(45)26-13-25(36-15-37-26)32(44)35-14-17-5-6-18-3-2-4-23(22(18)11-17)39-28-27(34)29(42)30(28)43/h5-7,9,11-13,15,23-24,39H,1-4,8,10,14,34H2,(H,35,44)(H,38,41)(H,40,45)/t23?,24-/m0/s1.